The fourth-order valence-corrected chi connectivity index (χ4v) is 2.41. The highest BCUT2D eigenvalue weighted by atomic mass is 16.4. The minimum absolute atomic E-state index is 0.340. The van der Waals surface area contributed by atoms with Gasteiger partial charge in [-0.1, -0.05) is 18.2 Å². The SMILES string of the molecule is O=C(O)CNC1CCc2ccccc2N(CC(=O)O)C1=O. The van der Waals surface area contributed by atoms with Crippen LogP contribution in [0.3, 0.4) is 0 Å². The van der Waals surface area contributed by atoms with Gasteiger partial charge < -0.3 is 10.2 Å². The number of fused-ring (bicyclic) bond motifs is 1. The Hall–Kier alpha value is -2.41. The molecule has 1 atom stereocenters. The van der Waals surface area contributed by atoms with Crippen molar-refractivity contribution in [1.82, 2.24) is 5.32 Å². The van der Waals surface area contributed by atoms with E-state index in [1.165, 1.54) is 4.90 Å². The molecule has 7 heteroatoms. The van der Waals surface area contributed by atoms with Crippen LogP contribution >= 0.6 is 0 Å². The number of anilines is 1. The van der Waals surface area contributed by atoms with Crippen LogP contribution in [0.5, 0.6) is 0 Å². The number of carboxylic acid groups (broad SMARTS) is 2. The smallest absolute Gasteiger partial charge is 0.323 e. The molecule has 1 aliphatic heterocycles. The van der Waals surface area contributed by atoms with E-state index < -0.39 is 30.4 Å². The maximum Gasteiger partial charge on any atom is 0.323 e. The van der Waals surface area contributed by atoms with Crippen LogP contribution in [-0.4, -0.2) is 47.2 Å². The molecule has 0 aromatic heterocycles. The van der Waals surface area contributed by atoms with E-state index in [0.29, 0.717) is 18.5 Å². The molecule has 21 heavy (non-hydrogen) atoms. The van der Waals surface area contributed by atoms with Crippen molar-refractivity contribution in [2.45, 2.75) is 18.9 Å². The summed E-state index contributed by atoms with van der Waals surface area (Å²) in [6, 6.07) is 6.42. The number of hydrogen-bond acceptors (Lipinski definition) is 4. The number of amides is 1. The Balaban J connectivity index is 2.28. The summed E-state index contributed by atoms with van der Waals surface area (Å²) in [6.07, 6.45) is 1.01. The lowest BCUT2D eigenvalue weighted by molar-refractivity contribution is -0.138. The van der Waals surface area contributed by atoms with Gasteiger partial charge in [-0.05, 0) is 24.5 Å². The average Bonchev–Trinajstić information content (AvgIpc) is 2.55. The van der Waals surface area contributed by atoms with Gasteiger partial charge in [0.1, 0.15) is 6.54 Å². The minimum Gasteiger partial charge on any atom is -0.480 e. The minimum atomic E-state index is -1.11. The molecule has 0 saturated carbocycles. The summed E-state index contributed by atoms with van der Waals surface area (Å²) in [6.45, 7) is -0.783. The summed E-state index contributed by atoms with van der Waals surface area (Å²) in [5.74, 6) is -2.59. The van der Waals surface area contributed by atoms with Gasteiger partial charge in [0.15, 0.2) is 0 Å². The largest absolute Gasteiger partial charge is 0.480 e. The summed E-state index contributed by atoms with van der Waals surface area (Å²) in [4.78, 5) is 35.3. The zero-order valence-electron chi connectivity index (χ0n) is 11.3. The number of carbonyl (C=O) groups excluding carboxylic acids is 1. The predicted octanol–water partition coefficient (Wildman–Crippen LogP) is 0.0932. The zero-order valence-corrected chi connectivity index (χ0v) is 11.3. The van der Waals surface area contributed by atoms with E-state index in [2.05, 4.69) is 5.32 Å². The normalized spacial score (nSPS) is 18.0. The Morgan fingerprint density at radius 1 is 1.24 bits per heavy atom. The van der Waals surface area contributed by atoms with Gasteiger partial charge in [0, 0.05) is 5.69 Å². The molecule has 0 aliphatic carbocycles. The average molecular weight is 292 g/mol. The number of benzene rings is 1. The van der Waals surface area contributed by atoms with E-state index in [1.807, 2.05) is 12.1 Å². The van der Waals surface area contributed by atoms with Crippen LogP contribution < -0.4 is 10.2 Å². The summed E-state index contributed by atoms with van der Waals surface area (Å²) >= 11 is 0. The van der Waals surface area contributed by atoms with E-state index in [-0.39, 0.29) is 6.54 Å². The van der Waals surface area contributed by atoms with E-state index in [1.54, 1.807) is 12.1 Å². The van der Waals surface area contributed by atoms with Gasteiger partial charge in [0.25, 0.3) is 0 Å². The Morgan fingerprint density at radius 3 is 2.62 bits per heavy atom. The Kier molecular flexibility index (Phi) is 4.54. The topological polar surface area (TPSA) is 107 Å². The van der Waals surface area contributed by atoms with Crippen molar-refractivity contribution in [3.8, 4) is 0 Å². The molecule has 112 valence electrons. The van der Waals surface area contributed by atoms with Crippen molar-refractivity contribution in [2.24, 2.45) is 0 Å². The van der Waals surface area contributed by atoms with Crippen LogP contribution in [-0.2, 0) is 20.8 Å². The number of aliphatic carboxylic acids is 2. The molecule has 3 N–H and O–H groups in total. The Bertz CT molecular complexity index is 572. The quantitative estimate of drug-likeness (QED) is 0.710. The van der Waals surface area contributed by atoms with Crippen LogP contribution in [0.2, 0.25) is 0 Å². The van der Waals surface area contributed by atoms with Gasteiger partial charge in [0.2, 0.25) is 5.91 Å². The summed E-state index contributed by atoms with van der Waals surface area (Å²) in [7, 11) is 0. The van der Waals surface area contributed by atoms with Crippen LogP contribution in [0.1, 0.15) is 12.0 Å². The summed E-state index contributed by atoms with van der Waals surface area (Å²) in [5, 5.41) is 20.4. The molecule has 1 aliphatic rings. The van der Waals surface area contributed by atoms with Crippen LogP contribution in [0.25, 0.3) is 0 Å². The van der Waals surface area contributed by atoms with Crippen molar-refractivity contribution >= 4 is 23.5 Å². The van der Waals surface area contributed by atoms with E-state index >= 15 is 0 Å². The molecular weight excluding hydrogens is 276 g/mol. The third-order valence-corrected chi connectivity index (χ3v) is 3.34. The number of carbonyl (C=O) groups is 3. The van der Waals surface area contributed by atoms with Gasteiger partial charge >= 0.3 is 11.9 Å². The highest BCUT2D eigenvalue weighted by Gasteiger charge is 2.31. The van der Waals surface area contributed by atoms with E-state index in [9.17, 15) is 14.4 Å². The second kappa shape index (κ2) is 6.36. The van der Waals surface area contributed by atoms with Gasteiger partial charge in [0.05, 0.1) is 12.6 Å². The Morgan fingerprint density at radius 2 is 1.95 bits per heavy atom. The second-order valence-electron chi connectivity index (χ2n) is 4.81. The second-order valence-corrected chi connectivity index (χ2v) is 4.81. The number of aryl methyl sites for hydroxylation is 1. The fraction of sp³-hybridized carbons (Fsp3) is 0.357. The van der Waals surface area contributed by atoms with Crippen LogP contribution in [0.4, 0.5) is 5.69 Å². The fourth-order valence-electron chi connectivity index (χ4n) is 2.41. The molecule has 0 saturated heterocycles. The highest BCUT2D eigenvalue weighted by Crippen LogP contribution is 2.26. The summed E-state index contributed by atoms with van der Waals surface area (Å²) < 4.78 is 0. The van der Waals surface area contributed by atoms with Crippen LogP contribution in [0, 0.1) is 0 Å². The molecule has 1 aromatic rings. The molecule has 1 heterocycles. The number of nitrogens with zero attached hydrogens (tertiary/aromatic N) is 1. The van der Waals surface area contributed by atoms with Gasteiger partial charge in [-0.15, -0.1) is 0 Å². The monoisotopic (exact) mass is 292 g/mol. The highest BCUT2D eigenvalue weighted by molar-refractivity contribution is 6.01. The molecule has 7 nitrogen and oxygen atoms in total. The Labute approximate surface area is 121 Å². The van der Waals surface area contributed by atoms with Gasteiger partial charge in [-0.2, -0.15) is 0 Å². The van der Waals surface area contributed by atoms with Crippen LogP contribution in [0.15, 0.2) is 24.3 Å². The molecule has 0 spiro atoms. The molecule has 2 rings (SSSR count). The molecule has 0 fully saturated rings. The maximum absolute atomic E-state index is 12.5. The number of rotatable bonds is 5. The first-order valence-electron chi connectivity index (χ1n) is 6.55. The van der Waals surface area contributed by atoms with Crippen molar-refractivity contribution in [1.29, 1.82) is 0 Å². The molecule has 1 amide bonds. The number of para-hydroxylation sites is 1. The molecular formula is C14H16N2O5. The lowest BCUT2D eigenvalue weighted by atomic mass is 10.1. The van der Waals surface area contributed by atoms with Gasteiger partial charge in [-0.3, -0.25) is 24.6 Å². The van der Waals surface area contributed by atoms with Crippen molar-refractivity contribution in [3.05, 3.63) is 29.8 Å². The predicted molar refractivity (Wildman–Crippen MR) is 74.2 cm³/mol. The molecule has 1 aromatic carbocycles. The maximum atomic E-state index is 12.5. The van der Waals surface area contributed by atoms with Crippen molar-refractivity contribution in [2.75, 3.05) is 18.0 Å². The standard InChI is InChI=1S/C14H16N2O5/c17-12(18)7-15-10-6-5-9-3-1-2-4-11(9)16(14(10)21)8-13(19)20/h1-4,10,15H,5-8H2,(H,17,18)(H,19,20). The van der Waals surface area contributed by atoms with E-state index in [0.717, 1.165) is 5.56 Å². The van der Waals surface area contributed by atoms with Crippen molar-refractivity contribution in [3.63, 3.8) is 0 Å². The first-order valence-corrected chi connectivity index (χ1v) is 6.55. The first-order chi connectivity index (χ1) is 9.99. The molecule has 1 unspecified atom stereocenters. The lowest BCUT2D eigenvalue weighted by Crippen LogP contribution is -2.48. The lowest BCUT2D eigenvalue weighted by Gasteiger charge is -2.24. The van der Waals surface area contributed by atoms with Gasteiger partial charge in [-0.25, -0.2) is 0 Å². The molecule has 0 radical (unpaired) electrons. The third-order valence-electron chi connectivity index (χ3n) is 3.34. The zero-order chi connectivity index (χ0) is 15.4. The van der Waals surface area contributed by atoms with E-state index in [4.69, 9.17) is 10.2 Å². The number of carboxylic acids is 2. The molecule has 0 bridgehead atoms. The van der Waals surface area contributed by atoms with Crippen molar-refractivity contribution < 1.29 is 24.6 Å². The number of hydrogen-bond donors (Lipinski definition) is 3. The first kappa shape index (κ1) is 15.0. The summed E-state index contributed by atoms with van der Waals surface area (Å²) in [5.41, 5.74) is 1.45. The third kappa shape index (κ3) is 3.57. The number of nitrogens with one attached hydrogen (secondary N) is 1.